The van der Waals surface area contributed by atoms with Crippen LogP contribution in [0, 0.1) is 0 Å². The van der Waals surface area contributed by atoms with Gasteiger partial charge in [0.25, 0.3) is 0 Å². The van der Waals surface area contributed by atoms with Crippen molar-refractivity contribution < 1.29 is 4.79 Å². The maximum Gasteiger partial charge on any atom is 0.239 e. The summed E-state index contributed by atoms with van der Waals surface area (Å²) < 4.78 is 0. The van der Waals surface area contributed by atoms with Crippen molar-refractivity contribution in [2.45, 2.75) is 46.1 Å². The SMILES string of the molecule is CCCc1ccc(NCC(=O)NC(C)(C)C)cc1. The van der Waals surface area contributed by atoms with Crippen LogP contribution in [-0.2, 0) is 11.2 Å². The molecule has 0 saturated heterocycles. The van der Waals surface area contributed by atoms with Gasteiger partial charge in [0.05, 0.1) is 6.54 Å². The first-order valence-electron chi connectivity index (χ1n) is 6.54. The van der Waals surface area contributed by atoms with E-state index < -0.39 is 0 Å². The predicted molar refractivity (Wildman–Crippen MR) is 76.8 cm³/mol. The number of aryl methyl sites for hydroxylation is 1. The second kappa shape index (κ2) is 6.43. The molecule has 0 fully saturated rings. The van der Waals surface area contributed by atoms with Gasteiger partial charge in [-0.05, 0) is 44.9 Å². The van der Waals surface area contributed by atoms with E-state index in [9.17, 15) is 4.79 Å². The maximum atomic E-state index is 11.6. The van der Waals surface area contributed by atoms with Gasteiger partial charge in [-0.3, -0.25) is 4.79 Å². The van der Waals surface area contributed by atoms with Gasteiger partial charge < -0.3 is 10.6 Å². The quantitative estimate of drug-likeness (QED) is 0.841. The van der Waals surface area contributed by atoms with E-state index in [0.717, 1.165) is 18.5 Å². The highest BCUT2D eigenvalue weighted by Crippen LogP contribution is 2.10. The average Bonchev–Trinajstić information content (AvgIpc) is 2.26. The average molecular weight is 248 g/mol. The lowest BCUT2D eigenvalue weighted by atomic mass is 10.1. The molecule has 0 heterocycles. The summed E-state index contributed by atoms with van der Waals surface area (Å²) in [5, 5.41) is 6.04. The standard InChI is InChI=1S/C15H24N2O/c1-5-6-12-7-9-13(10-8-12)16-11-14(18)17-15(2,3)4/h7-10,16H,5-6,11H2,1-4H3,(H,17,18). The molecule has 1 aromatic carbocycles. The second-order valence-electron chi connectivity index (χ2n) is 5.60. The third-order valence-electron chi connectivity index (χ3n) is 2.46. The van der Waals surface area contributed by atoms with Crippen LogP contribution in [-0.4, -0.2) is 18.0 Å². The van der Waals surface area contributed by atoms with Gasteiger partial charge >= 0.3 is 0 Å². The van der Waals surface area contributed by atoms with E-state index in [1.54, 1.807) is 0 Å². The van der Waals surface area contributed by atoms with Crippen molar-refractivity contribution in [2.75, 3.05) is 11.9 Å². The topological polar surface area (TPSA) is 41.1 Å². The predicted octanol–water partition coefficient (Wildman–Crippen LogP) is 2.97. The highest BCUT2D eigenvalue weighted by molar-refractivity contribution is 5.81. The van der Waals surface area contributed by atoms with E-state index >= 15 is 0 Å². The lowest BCUT2D eigenvalue weighted by Crippen LogP contribution is -2.43. The Morgan fingerprint density at radius 3 is 2.28 bits per heavy atom. The Kier molecular flexibility index (Phi) is 5.20. The number of hydrogen-bond donors (Lipinski definition) is 2. The fourth-order valence-electron chi connectivity index (χ4n) is 1.72. The van der Waals surface area contributed by atoms with Crippen LogP contribution in [0.15, 0.2) is 24.3 Å². The summed E-state index contributed by atoms with van der Waals surface area (Å²) in [4.78, 5) is 11.6. The van der Waals surface area contributed by atoms with Crippen molar-refractivity contribution in [3.8, 4) is 0 Å². The number of rotatable bonds is 5. The van der Waals surface area contributed by atoms with Gasteiger partial charge in [-0.1, -0.05) is 25.5 Å². The highest BCUT2D eigenvalue weighted by atomic mass is 16.2. The number of hydrogen-bond acceptors (Lipinski definition) is 2. The van der Waals surface area contributed by atoms with E-state index in [4.69, 9.17) is 0 Å². The minimum Gasteiger partial charge on any atom is -0.376 e. The molecule has 0 saturated carbocycles. The van der Waals surface area contributed by atoms with Crippen molar-refractivity contribution in [2.24, 2.45) is 0 Å². The third kappa shape index (κ3) is 5.71. The van der Waals surface area contributed by atoms with Crippen LogP contribution in [0.3, 0.4) is 0 Å². The summed E-state index contributed by atoms with van der Waals surface area (Å²) in [6.07, 6.45) is 2.26. The zero-order chi connectivity index (χ0) is 13.6. The van der Waals surface area contributed by atoms with Crippen LogP contribution >= 0.6 is 0 Å². The Morgan fingerprint density at radius 1 is 1.17 bits per heavy atom. The summed E-state index contributed by atoms with van der Waals surface area (Å²) in [7, 11) is 0. The molecule has 3 heteroatoms. The molecule has 1 aromatic rings. The van der Waals surface area contributed by atoms with Crippen molar-refractivity contribution in [3.63, 3.8) is 0 Å². The molecule has 0 spiro atoms. The molecule has 0 bridgehead atoms. The lowest BCUT2D eigenvalue weighted by Gasteiger charge is -2.20. The summed E-state index contributed by atoms with van der Waals surface area (Å²) in [6, 6.07) is 8.26. The molecular formula is C15H24N2O. The minimum absolute atomic E-state index is 0.0140. The smallest absolute Gasteiger partial charge is 0.239 e. The number of nitrogens with one attached hydrogen (secondary N) is 2. The normalized spacial score (nSPS) is 11.1. The van der Waals surface area contributed by atoms with Crippen molar-refractivity contribution in [1.29, 1.82) is 0 Å². The molecule has 100 valence electrons. The summed E-state index contributed by atoms with van der Waals surface area (Å²) in [5.74, 6) is 0.0140. The summed E-state index contributed by atoms with van der Waals surface area (Å²) in [5.41, 5.74) is 2.14. The van der Waals surface area contributed by atoms with Gasteiger partial charge in [0.1, 0.15) is 0 Å². The lowest BCUT2D eigenvalue weighted by molar-refractivity contribution is -0.120. The van der Waals surface area contributed by atoms with Crippen LogP contribution < -0.4 is 10.6 Å². The summed E-state index contributed by atoms with van der Waals surface area (Å²) >= 11 is 0. The molecule has 0 unspecified atom stereocenters. The van der Waals surface area contributed by atoms with Crippen LogP contribution in [0.25, 0.3) is 0 Å². The van der Waals surface area contributed by atoms with Gasteiger partial charge in [0, 0.05) is 11.2 Å². The molecule has 0 aliphatic heterocycles. The summed E-state index contributed by atoms with van der Waals surface area (Å²) in [6.45, 7) is 8.41. The van der Waals surface area contributed by atoms with Gasteiger partial charge in [0.15, 0.2) is 0 Å². The van der Waals surface area contributed by atoms with E-state index in [2.05, 4.69) is 29.7 Å². The number of carbonyl (C=O) groups excluding carboxylic acids is 1. The Morgan fingerprint density at radius 2 is 1.78 bits per heavy atom. The van der Waals surface area contributed by atoms with E-state index in [-0.39, 0.29) is 11.4 Å². The first-order valence-corrected chi connectivity index (χ1v) is 6.54. The highest BCUT2D eigenvalue weighted by Gasteiger charge is 2.12. The number of amides is 1. The van der Waals surface area contributed by atoms with Crippen molar-refractivity contribution >= 4 is 11.6 Å². The number of benzene rings is 1. The Hall–Kier alpha value is -1.51. The van der Waals surface area contributed by atoms with Crippen LogP contribution in [0.2, 0.25) is 0 Å². The maximum absolute atomic E-state index is 11.6. The molecule has 0 radical (unpaired) electrons. The molecule has 0 atom stereocenters. The van der Waals surface area contributed by atoms with Gasteiger partial charge in [-0.25, -0.2) is 0 Å². The molecular weight excluding hydrogens is 224 g/mol. The molecule has 1 amide bonds. The van der Waals surface area contributed by atoms with Crippen LogP contribution in [0.4, 0.5) is 5.69 Å². The monoisotopic (exact) mass is 248 g/mol. The Labute approximate surface area is 110 Å². The molecule has 0 aromatic heterocycles. The van der Waals surface area contributed by atoms with Gasteiger partial charge in [-0.2, -0.15) is 0 Å². The van der Waals surface area contributed by atoms with E-state index in [0.29, 0.717) is 6.54 Å². The Bertz CT molecular complexity index is 376. The molecule has 1 rings (SSSR count). The molecule has 3 nitrogen and oxygen atoms in total. The first kappa shape index (κ1) is 14.6. The Balaban J connectivity index is 2.41. The fourth-order valence-corrected chi connectivity index (χ4v) is 1.72. The van der Waals surface area contributed by atoms with E-state index in [1.165, 1.54) is 5.56 Å². The minimum atomic E-state index is -0.177. The molecule has 2 N–H and O–H groups in total. The van der Waals surface area contributed by atoms with Gasteiger partial charge in [-0.15, -0.1) is 0 Å². The molecule has 18 heavy (non-hydrogen) atoms. The van der Waals surface area contributed by atoms with E-state index in [1.807, 2.05) is 32.9 Å². The molecule has 0 aliphatic carbocycles. The molecule has 0 aliphatic rings. The van der Waals surface area contributed by atoms with Crippen molar-refractivity contribution in [1.82, 2.24) is 5.32 Å². The number of anilines is 1. The third-order valence-corrected chi connectivity index (χ3v) is 2.46. The number of carbonyl (C=O) groups is 1. The van der Waals surface area contributed by atoms with Crippen LogP contribution in [0.5, 0.6) is 0 Å². The first-order chi connectivity index (χ1) is 8.40. The second-order valence-corrected chi connectivity index (χ2v) is 5.60. The van der Waals surface area contributed by atoms with Crippen LogP contribution in [0.1, 0.15) is 39.7 Å². The zero-order valence-electron chi connectivity index (χ0n) is 11.8. The van der Waals surface area contributed by atoms with Gasteiger partial charge in [0.2, 0.25) is 5.91 Å². The zero-order valence-corrected chi connectivity index (χ0v) is 11.8. The fraction of sp³-hybridized carbons (Fsp3) is 0.533. The largest absolute Gasteiger partial charge is 0.376 e. The van der Waals surface area contributed by atoms with Crippen molar-refractivity contribution in [3.05, 3.63) is 29.8 Å².